The summed E-state index contributed by atoms with van der Waals surface area (Å²) in [5.74, 6) is 0.0475. The molecule has 14 heavy (non-hydrogen) atoms. The maximum Gasteiger partial charge on any atom is 0.109 e. The Balaban J connectivity index is 2.44. The highest BCUT2D eigenvalue weighted by Crippen LogP contribution is 2.38. The molecule has 1 rings (SSSR count). The zero-order valence-corrected chi connectivity index (χ0v) is 10.2. The van der Waals surface area contributed by atoms with E-state index in [1.807, 2.05) is 6.92 Å². The molecule has 2 radical (unpaired) electrons. The maximum absolute atomic E-state index is 9.81. The van der Waals surface area contributed by atoms with E-state index in [1.165, 1.54) is 0 Å². The van der Waals surface area contributed by atoms with Gasteiger partial charge in [0.05, 0.1) is 12.2 Å². The molecule has 4 atom stereocenters. The van der Waals surface area contributed by atoms with Crippen LogP contribution in [0.25, 0.3) is 0 Å². The fourth-order valence-corrected chi connectivity index (χ4v) is 2.61. The summed E-state index contributed by atoms with van der Waals surface area (Å²) in [5, 5.41) is 9.81. The van der Waals surface area contributed by atoms with Crippen LogP contribution in [0.15, 0.2) is 0 Å². The molecule has 1 aliphatic heterocycles. The van der Waals surface area contributed by atoms with Crippen LogP contribution in [0.1, 0.15) is 13.3 Å². The van der Waals surface area contributed by atoms with Crippen molar-refractivity contribution in [2.24, 2.45) is 5.92 Å². The average Bonchev–Trinajstić information content (AvgIpc) is 2.28. The molecule has 1 heterocycles. The number of ether oxygens (including phenoxy) is 1. The first kappa shape index (κ1) is 12.4. The van der Waals surface area contributed by atoms with Crippen LogP contribution in [-0.2, 0) is 4.74 Å². The van der Waals surface area contributed by atoms with Crippen LogP contribution >= 0.6 is 6.89 Å². The van der Waals surface area contributed by atoms with Crippen LogP contribution in [0.3, 0.4) is 0 Å². The Morgan fingerprint density at radius 3 is 2.43 bits per heavy atom. The van der Waals surface area contributed by atoms with Crippen LogP contribution < -0.4 is 0 Å². The Kier molecular flexibility index (Phi) is 3.91. The molecule has 1 fully saturated rings. The van der Waals surface area contributed by atoms with Crippen molar-refractivity contribution in [3.63, 3.8) is 0 Å². The van der Waals surface area contributed by atoms with E-state index in [0.717, 1.165) is 12.6 Å². The predicted octanol–water partition coefficient (Wildman–Crippen LogP) is 0.976. The number of aliphatic hydroxyl groups excluding tert-OH is 1. The lowest BCUT2D eigenvalue weighted by Crippen LogP contribution is -2.26. The summed E-state index contributed by atoms with van der Waals surface area (Å²) in [6.07, 6.45) is 5.58. The SMILES string of the molecule is [B][C@@H]1O[C@H](CCP(=C)(C)C)[C@@H](O)C1C. The molecule has 0 saturated carbocycles. The first-order chi connectivity index (χ1) is 6.31. The molecule has 4 heteroatoms. The minimum absolute atomic E-state index is 0.0475. The molecule has 0 spiro atoms. The third-order valence-corrected chi connectivity index (χ3v) is 4.26. The Hall–Kier alpha value is 0.285. The van der Waals surface area contributed by atoms with E-state index in [4.69, 9.17) is 12.6 Å². The smallest absolute Gasteiger partial charge is 0.109 e. The van der Waals surface area contributed by atoms with E-state index >= 15 is 0 Å². The molecular weight excluding hydrogens is 194 g/mol. The number of hydrogen-bond donors (Lipinski definition) is 1. The van der Waals surface area contributed by atoms with Crippen LogP contribution in [0.2, 0.25) is 0 Å². The monoisotopic (exact) mass is 214 g/mol. The Bertz CT molecular complexity index is 238. The fourth-order valence-electron chi connectivity index (χ4n) is 1.65. The molecular formula is C10H20BO2P. The van der Waals surface area contributed by atoms with Crippen LogP contribution in [0.4, 0.5) is 0 Å². The molecule has 2 nitrogen and oxygen atoms in total. The third kappa shape index (κ3) is 3.15. The highest BCUT2D eigenvalue weighted by Gasteiger charge is 2.37. The molecule has 0 bridgehead atoms. The molecule has 1 unspecified atom stereocenters. The summed E-state index contributed by atoms with van der Waals surface area (Å²) in [7, 11) is 5.71. The lowest BCUT2D eigenvalue weighted by Gasteiger charge is -2.19. The van der Waals surface area contributed by atoms with Gasteiger partial charge >= 0.3 is 0 Å². The Morgan fingerprint density at radius 1 is 1.50 bits per heavy atom. The van der Waals surface area contributed by atoms with Gasteiger partial charge in [-0.25, -0.2) is 0 Å². The Morgan fingerprint density at radius 2 is 2.07 bits per heavy atom. The van der Waals surface area contributed by atoms with Crippen LogP contribution in [0.5, 0.6) is 0 Å². The van der Waals surface area contributed by atoms with E-state index in [0.29, 0.717) is 0 Å². The molecule has 1 aliphatic rings. The average molecular weight is 214 g/mol. The summed E-state index contributed by atoms with van der Waals surface area (Å²) in [5.41, 5.74) is 0. The highest BCUT2D eigenvalue weighted by molar-refractivity contribution is 7.72. The highest BCUT2D eigenvalue weighted by atomic mass is 31.2. The third-order valence-electron chi connectivity index (χ3n) is 2.79. The normalized spacial score (nSPS) is 38.9. The summed E-state index contributed by atoms with van der Waals surface area (Å²) in [4.78, 5) is 0. The van der Waals surface area contributed by atoms with Crippen molar-refractivity contribution in [1.29, 1.82) is 0 Å². The van der Waals surface area contributed by atoms with Gasteiger partial charge < -0.3 is 9.84 Å². The molecule has 0 amide bonds. The van der Waals surface area contributed by atoms with Crippen molar-refractivity contribution < 1.29 is 9.84 Å². The van der Waals surface area contributed by atoms with Crippen molar-refractivity contribution in [2.45, 2.75) is 31.6 Å². The van der Waals surface area contributed by atoms with Gasteiger partial charge in [0.15, 0.2) is 0 Å². The summed E-state index contributed by atoms with van der Waals surface area (Å²) >= 11 is 0. The molecule has 0 aromatic carbocycles. The lowest BCUT2D eigenvalue weighted by molar-refractivity contribution is 0.0301. The molecule has 0 aliphatic carbocycles. The Labute approximate surface area is 88.4 Å². The predicted molar refractivity (Wildman–Crippen MR) is 65.0 cm³/mol. The second-order valence-corrected chi connectivity index (χ2v) is 9.26. The first-order valence-corrected chi connectivity index (χ1v) is 8.13. The van der Waals surface area contributed by atoms with E-state index in [1.54, 1.807) is 0 Å². The summed E-state index contributed by atoms with van der Waals surface area (Å²) in [6, 6.07) is -0.304. The summed E-state index contributed by atoms with van der Waals surface area (Å²) < 4.78 is 5.50. The second-order valence-electron chi connectivity index (χ2n) is 4.94. The minimum atomic E-state index is -1.02. The van der Waals surface area contributed by atoms with E-state index in [9.17, 15) is 5.11 Å². The second kappa shape index (κ2) is 4.43. The van der Waals surface area contributed by atoms with Gasteiger partial charge in [-0.15, -0.1) is 13.2 Å². The first-order valence-electron chi connectivity index (χ1n) is 5.08. The van der Waals surface area contributed by atoms with Gasteiger partial charge in [0.25, 0.3) is 0 Å². The molecule has 80 valence electrons. The van der Waals surface area contributed by atoms with Crippen molar-refractivity contribution in [3.8, 4) is 0 Å². The molecule has 0 aromatic heterocycles. The van der Waals surface area contributed by atoms with Crippen molar-refractivity contribution in [1.82, 2.24) is 0 Å². The van der Waals surface area contributed by atoms with Gasteiger partial charge in [-0.05, 0) is 25.9 Å². The molecule has 1 N–H and O–H groups in total. The van der Waals surface area contributed by atoms with Crippen molar-refractivity contribution >= 4 is 21.0 Å². The lowest BCUT2D eigenvalue weighted by atomic mass is 9.86. The molecule has 1 saturated heterocycles. The van der Waals surface area contributed by atoms with Gasteiger partial charge in [-0.2, -0.15) is 0 Å². The maximum atomic E-state index is 9.81. The van der Waals surface area contributed by atoms with Gasteiger partial charge in [-0.1, -0.05) is 6.92 Å². The van der Waals surface area contributed by atoms with Gasteiger partial charge in [-0.3, -0.25) is 0 Å². The van der Waals surface area contributed by atoms with Gasteiger partial charge in [0.2, 0.25) is 0 Å². The van der Waals surface area contributed by atoms with Gasteiger partial charge in [0, 0.05) is 11.9 Å². The largest absolute Gasteiger partial charge is 0.390 e. The van der Waals surface area contributed by atoms with Crippen LogP contribution in [-0.4, -0.2) is 57.0 Å². The zero-order chi connectivity index (χ0) is 10.9. The topological polar surface area (TPSA) is 29.5 Å². The van der Waals surface area contributed by atoms with E-state index in [2.05, 4.69) is 19.6 Å². The quantitative estimate of drug-likeness (QED) is 0.560. The zero-order valence-electron chi connectivity index (χ0n) is 9.31. The molecule has 0 aromatic rings. The standard InChI is InChI=1S/C10H20BO2P/c1-7-9(12)8(13-10(7)11)5-6-14(2,3)4/h7-10,12H,2,5-6H2,1,3-4H3/t7?,8-,9+,10-/m1/s1. The number of hydrogen-bond acceptors (Lipinski definition) is 2. The van der Waals surface area contributed by atoms with Gasteiger partial charge in [0.1, 0.15) is 7.85 Å². The minimum Gasteiger partial charge on any atom is -0.390 e. The van der Waals surface area contributed by atoms with Crippen LogP contribution in [0, 0.1) is 5.92 Å². The van der Waals surface area contributed by atoms with Crippen molar-refractivity contribution in [3.05, 3.63) is 0 Å². The van der Waals surface area contributed by atoms with Crippen molar-refractivity contribution in [2.75, 3.05) is 19.5 Å². The number of aliphatic hydroxyl groups is 1. The van der Waals surface area contributed by atoms with E-state index in [-0.39, 0.29) is 18.0 Å². The fraction of sp³-hybridized carbons (Fsp3) is 0.900. The summed E-state index contributed by atoms with van der Waals surface area (Å²) in [6.45, 7) is 5.30. The van der Waals surface area contributed by atoms with E-state index < -0.39 is 13.0 Å². The number of rotatable bonds is 3.